The van der Waals surface area contributed by atoms with Crippen molar-refractivity contribution in [3.63, 3.8) is 0 Å². The maximum atomic E-state index is 13.7. The molecule has 1 N–H and O–H groups in total. The Morgan fingerprint density at radius 3 is 2.11 bits per heavy atom. The van der Waals surface area contributed by atoms with Crippen molar-refractivity contribution in [2.45, 2.75) is 45.3 Å². The minimum atomic E-state index is -4.77. The van der Waals surface area contributed by atoms with E-state index in [1.54, 1.807) is 6.92 Å². The van der Waals surface area contributed by atoms with Gasteiger partial charge < -0.3 is 14.6 Å². The summed E-state index contributed by atoms with van der Waals surface area (Å²) in [4.78, 5) is 15.2. The highest BCUT2D eigenvalue weighted by atomic mass is 19.4. The van der Waals surface area contributed by atoms with Crippen molar-refractivity contribution in [3.05, 3.63) is 77.0 Å². The first kappa shape index (κ1) is 26.8. The summed E-state index contributed by atoms with van der Waals surface area (Å²) in [7, 11) is 0. The highest BCUT2D eigenvalue weighted by Crippen LogP contribution is 2.36. The molecular weight excluding hydrogens is 492 g/mol. The number of carboxylic acid groups (broad SMARTS) is 1. The van der Waals surface area contributed by atoms with Crippen LogP contribution in [-0.2, 0) is 23.8 Å². The smallest absolute Gasteiger partial charge is 0.416 e. The monoisotopic (exact) mass is 513 g/mol. The van der Waals surface area contributed by atoms with Gasteiger partial charge >= 0.3 is 18.3 Å². The third-order valence-electron chi connectivity index (χ3n) is 5.22. The van der Waals surface area contributed by atoms with Crippen LogP contribution in [0.5, 0.6) is 11.5 Å². The number of pyridine rings is 1. The zero-order valence-electron chi connectivity index (χ0n) is 19.3. The molecule has 1 heterocycles. The van der Waals surface area contributed by atoms with E-state index in [4.69, 9.17) is 9.47 Å². The maximum absolute atomic E-state index is 13.7. The van der Waals surface area contributed by atoms with E-state index in [1.165, 1.54) is 32.0 Å². The van der Waals surface area contributed by atoms with Crippen molar-refractivity contribution < 1.29 is 45.7 Å². The van der Waals surface area contributed by atoms with Crippen molar-refractivity contribution in [1.82, 2.24) is 4.98 Å². The van der Waals surface area contributed by atoms with E-state index < -0.39 is 41.7 Å². The summed E-state index contributed by atoms with van der Waals surface area (Å²) in [6, 6.07) is 8.79. The van der Waals surface area contributed by atoms with Crippen molar-refractivity contribution in [1.29, 1.82) is 0 Å². The highest BCUT2D eigenvalue weighted by molar-refractivity contribution is 5.76. The number of carboxylic acids is 1. The molecule has 11 heteroatoms. The van der Waals surface area contributed by atoms with Gasteiger partial charge in [0, 0.05) is 17.3 Å². The van der Waals surface area contributed by atoms with Gasteiger partial charge in [-0.15, -0.1) is 0 Å². The summed E-state index contributed by atoms with van der Waals surface area (Å²) in [5.74, 6) is -0.685. The van der Waals surface area contributed by atoms with Gasteiger partial charge in [0.1, 0.15) is 18.1 Å². The molecule has 0 radical (unpaired) electrons. The fourth-order valence-electron chi connectivity index (χ4n) is 3.16. The number of ether oxygens (including phenoxy) is 2. The largest absolute Gasteiger partial charge is 0.489 e. The van der Waals surface area contributed by atoms with Crippen molar-refractivity contribution >= 4 is 5.97 Å². The third kappa shape index (κ3) is 6.27. The SMILES string of the molecule is Cc1cc(OCc2cnc(-c3ccc(C(F)(F)F)cc3)cc2C(F)(F)F)ccc1OC(C)(C)C(=O)O. The van der Waals surface area contributed by atoms with E-state index in [-0.39, 0.29) is 28.3 Å². The number of nitrogens with zero attached hydrogens (tertiary/aromatic N) is 1. The first-order chi connectivity index (χ1) is 16.6. The fraction of sp³-hybridized carbons (Fsp3) is 0.280. The van der Waals surface area contributed by atoms with Crippen molar-refractivity contribution in [2.24, 2.45) is 0 Å². The molecule has 0 amide bonds. The zero-order chi connectivity index (χ0) is 26.9. The first-order valence-electron chi connectivity index (χ1n) is 10.5. The van der Waals surface area contributed by atoms with Gasteiger partial charge in [0.2, 0.25) is 0 Å². The summed E-state index contributed by atoms with van der Waals surface area (Å²) in [6.45, 7) is 3.88. The topological polar surface area (TPSA) is 68.7 Å². The molecule has 0 saturated heterocycles. The zero-order valence-corrected chi connectivity index (χ0v) is 19.3. The van der Waals surface area contributed by atoms with Gasteiger partial charge in [-0.1, -0.05) is 12.1 Å². The molecule has 3 rings (SSSR count). The Labute approximate surface area is 202 Å². The third-order valence-corrected chi connectivity index (χ3v) is 5.22. The minimum absolute atomic E-state index is 0.0940. The number of hydrogen-bond donors (Lipinski definition) is 1. The molecule has 2 aromatic carbocycles. The summed E-state index contributed by atoms with van der Waals surface area (Å²) >= 11 is 0. The van der Waals surface area contributed by atoms with Crippen LogP contribution < -0.4 is 9.47 Å². The number of alkyl halides is 6. The normalized spacial score (nSPS) is 12.4. The van der Waals surface area contributed by atoms with Crippen LogP contribution in [0.4, 0.5) is 26.3 Å². The van der Waals surface area contributed by atoms with Gasteiger partial charge in [-0.3, -0.25) is 4.98 Å². The van der Waals surface area contributed by atoms with Crippen LogP contribution in [0.15, 0.2) is 54.7 Å². The number of aromatic nitrogens is 1. The minimum Gasteiger partial charge on any atom is -0.489 e. The van der Waals surface area contributed by atoms with Crippen molar-refractivity contribution in [2.75, 3.05) is 0 Å². The number of carbonyl (C=O) groups is 1. The van der Waals surface area contributed by atoms with Gasteiger partial charge in [-0.2, -0.15) is 26.3 Å². The Hall–Kier alpha value is -3.76. The Balaban J connectivity index is 1.82. The van der Waals surface area contributed by atoms with Gasteiger partial charge in [-0.05, 0) is 62.7 Å². The molecule has 0 aliphatic rings. The molecule has 0 saturated carbocycles. The van der Waals surface area contributed by atoms with E-state index in [1.807, 2.05) is 0 Å². The number of halogens is 6. The molecule has 36 heavy (non-hydrogen) atoms. The van der Waals surface area contributed by atoms with Crippen LogP contribution in [0, 0.1) is 6.92 Å². The number of hydrogen-bond acceptors (Lipinski definition) is 4. The molecule has 192 valence electrons. The maximum Gasteiger partial charge on any atom is 0.416 e. The molecular formula is C25H21F6NO4. The lowest BCUT2D eigenvalue weighted by atomic mass is 10.0. The molecule has 0 bridgehead atoms. The fourth-order valence-corrected chi connectivity index (χ4v) is 3.16. The number of aliphatic carboxylic acids is 1. The number of benzene rings is 2. The molecule has 0 unspecified atom stereocenters. The molecule has 1 aromatic heterocycles. The van der Waals surface area contributed by atoms with E-state index >= 15 is 0 Å². The molecule has 0 aliphatic heterocycles. The van der Waals surface area contributed by atoms with Crippen LogP contribution in [0.25, 0.3) is 11.3 Å². The second kappa shape index (κ2) is 9.71. The van der Waals surface area contributed by atoms with Gasteiger partial charge in [0.25, 0.3) is 0 Å². The molecule has 0 fully saturated rings. The summed E-state index contributed by atoms with van der Waals surface area (Å²) in [5, 5.41) is 9.19. The van der Waals surface area contributed by atoms with Gasteiger partial charge in [-0.25, -0.2) is 4.79 Å². The van der Waals surface area contributed by atoms with E-state index in [9.17, 15) is 36.2 Å². The predicted octanol–water partition coefficient (Wildman–Crippen LogP) is 6.92. The number of aryl methyl sites for hydroxylation is 1. The van der Waals surface area contributed by atoms with Gasteiger partial charge in [0.15, 0.2) is 5.60 Å². The second-order valence-electron chi connectivity index (χ2n) is 8.43. The standard InChI is InChI=1S/C25H21F6NO4/c1-14-10-18(8-9-21(14)36-23(2,3)22(33)34)35-13-16-12-32-20(11-19(16)25(29,30)31)15-4-6-17(7-5-15)24(26,27)28/h4-12H,13H2,1-3H3,(H,33,34). The average Bonchev–Trinajstić information content (AvgIpc) is 2.78. The van der Waals surface area contributed by atoms with Crippen LogP contribution in [0.1, 0.15) is 36.1 Å². The lowest BCUT2D eigenvalue weighted by Crippen LogP contribution is -2.38. The summed E-state index contributed by atoms with van der Waals surface area (Å²) < 4.78 is 90.5. The predicted molar refractivity (Wildman–Crippen MR) is 118 cm³/mol. The molecule has 3 aromatic rings. The number of rotatable bonds is 7. The van der Waals surface area contributed by atoms with Crippen molar-refractivity contribution in [3.8, 4) is 22.8 Å². The quantitative estimate of drug-likeness (QED) is 0.348. The second-order valence-corrected chi connectivity index (χ2v) is 8.43. The molecule has 5 nitrogen and oxygen atoms in total. The first-order valence-corrected chi connectivity index (χ1v) is 10.5. The summed E-state index contributed by atoms with van der Waals surface area (Å²) in [5.41, 5.74) is -3.26. The van der Waals surface area contributed by atoms with Gasteiger partial charge in [0.05, 0.1) is 16.8 Å². The van der Waals surface area contributed by atoms with E-state index in [0.29, 0.717) is 5.56 Å². The lowest BCUT2D eigenvalue weighted by Gasteiger charge is -2.23. The Kier molecular flexibility index (Phi) is 7.24. The van der Waals surface area contributed by atoms with Crippen LogP contribution in [-0.4, -0.2) is 21.7 Å². The van der Waals surface area contributed by atoms with Crippen LogP contribution in [0.2, 0.25) is 0 Å². The van der Waals surface area contributed by atoms with Crippen LogP contribution >= 0.6 is 0 Å². The molecule has 0 atom stereocenters. The Morgan fingerprint density at radius 2 is 1.58 bits per heavy atom. The molecule has 0 aliphatic carbocycles. The van der Waals surface area contributed by atoms with E-state index in [2.05, 4.69) is 4.98 Å². The Bertz CT molecular complexity index is 1250. The average molecular weight is 513 g/mol. The lowest BCUT2D eigenvalue weighted by molar-refractivity contribution is -0.152. The highest BCUT2D eigenvalue weighted by Gasteiger charge is 2.35. The Morgan fingerprint density at radius 1 is 0.944 bits per heavy atom. The summed E-state index contributed by atoms with van der Waals surface area (Å²) in [6.07, 6.45) is -8.37. The van der Waals surface area contributed by atoms with E-state index in [0.717, 1.165) is 36.5 Å². The van der Waals surface area contributed by atoms with Crippen LogP contribution in [0.3, 0.4) is 0 Å². The molecule has 0 spiro atoms.